The lowest BCUT2D eigenvalue weighted by Gasteiger charge is -2.08. The molecule has 0 aliphatic carbocycles. The second kappa shape index (κ2) is 6.88. The molecule has 0 N–H and O–H groups in total. The molecule has 0 nitrogen and oxygen atoms in total. The Balaban J connectivity index is 1.90. The van der Waals surface area contributed by atoms with Gasteiger partial charge in [-0.1, -0.05) is 54.6 Å². The van der Waals surface area contributed by atoms with Gasteiger partial charge in [-0.05, 0) is 50.5 Å². The van der Waals surface area contributed by atoms with Crippen LogP contribution in [0.4, 0.5) is 0 Å². The van der Waals surface area contributed by atoms with E-state index in [2.05, 4.69) is 70.5 Å². The number of benzene rings is 2. The van der Waals surface area contributed by atoms with E-state index < -0.39 is 0 Å². The third-order valence-electron chi connectivity index (χ3n) is 3.20. The lowest BCUT2D eigenvalue weighted by Crippen LogP contribution is -1.84. The summed E-state index contributed by atoms with van der Waals surface area (Å²) in [6.07, 6.45) is 1.27. The van der Waals surface area contributed by atoms with Crippen LogP contribution < -0.4 is 0 Å². The Morgan fingerprint density at radius 3 is 2.05 bits per heavy atom. The van der Waals surface area contributed by atoms with Gasteiger partial charge in [-0.3, -0.25) is 0 Å². The minimum absolute atomic E-state index is 1.21. The molecule has 0 radical (unpaired) electrons. The Morgan fingerprint density at radius 1 is 0.700 bits per heavy atom. The van der Waals surface area contributed by atoms with Crippen LogP contribution in [0.15, 0.2) is 58.4 Å². The maximum absolute atomic E-state index is 3.73. The molecule has 0 saturated carbocycles. The van der Waals surface area contributed by atoms with Crippen LogP contribution in [0.5, 0.6) is 0 Å². The number of rotatable bonds is 2. The predicted molar refractivity (Wildman–Crippen MR) is 97.3 cm³/mol. The van der Waals surface area contributed by atoms with E-state index >= 15 is 0 Å². The molecule has 1 heterocycles. The molecule has 2 aromatic carbocycles. The number of hydrogen-bond acceptors (Lipinski definition) is 2. The van der Waals surface area contributed by atoms with E-state index in [-0.39, 0.29) is 0 Å². The highest BCUT2D eigenvalue weighted by Crippen LogP contribution is 2.42. The highest BCUT2D eigenvalue weighted by molar-refractivity contribution is 9.14. The molecular formula is C17H15BrS2. The first-order valence-electron chi connectivity index (χ1n) is 6.66. The summed E-state index contributed by atoms with van der Waals surface area (Å²) in [5.41, 5.74) is 3.86. The minimum Gasteiger partial charge on any atom is -0.124 e. The molecule has 3 heteroatoms. The largest absolute Gasteiger partial charge is 0.124 e. The van der Waals surface area contributed by atoms with E-state index in [9.17, 15) is 0 Å². The van der Waals surface area contributed by atoms with Crippen molar-refractivity contribution in [3.05, 3.63) is 64.0 Å². The standard InChI is InChI=1S/C17H15BrS2/c18-17-16(19-11-4-12-20-17)15-9-7-14(8-10-15)13-5-2-1-3-6-13/h1-3,5-10H,4,11-12H2. The molecule has 3 rings (SSSR count). The molecule has 0 bridgehead atoms. The minimum atomic E-state index is 1.21. The molecule has 1 aliphatic heterocycles. The first-order chi connectivity index (χ1) is 9.84. The van der Waals surface area contributed by atoms with Gasteiger partial charge in [-0.15, -0.1) is 23.5 Å². The second-order valence-corrected chi connectivity index (χ2v) is 8.12. The normalized spacial score (nSPS) is 16.1. The summed E-state index contributed by atoms with van der Waals surface area (Å²) >= 11 is 7.60. The van der Waals surface area contributed by atoms with E-state index in [1.807, 2.05) is 23.5 Å². The van der Waals surface area contributed by atoms with Crippen molar-refractivity contribution in [3.8, 4) is 11.1 Å². The third-order valence-corrected chi connectivity index (χ3v) is 6.84. The number of thioether (sulfide) groups is 2. The van der Waals surface area contributed by atoms with Crippen LogP contribution in [-0.2, 0) is 0 Å². The van der Waals surface area contributed by atoms with E-state index in [1.54, 1.807) is 0 Å². The van der Waals surface area contributed by atoms with Crippen LogP contribution in [0.1, 0.15) is 12.0 Å². The van der Waals surface area contributed by atoms with Gasteiger partial charge in [0.05, 0.1) is 3.81 Å². The van der Waals surface area contributed by atoms with Crippen molar-refractivity contribution in [1.29, 1.82) is 0 Å². The van der Waals surface area contributed by atoms with Crippen LogP contribution in [0.25, 0.3) is 16.0 Å². The molecule has 0 saturated heterocycles. The Labute approximate surface area is 137 Å². The van der Waals surface area contributed by atoms with Crippen molar-refractivity contribution in [1.82, 2.24) is 0 Å². The summed E-state index contributed by atoms with van der Waals surface area (Å²) in [7, 11) is 0. The summed E-state index contributed by atoms with van der Waals surface area (Å²) in [6, 6.07) is 19.4. The Kier molecular flexibility index (Phi) is 4.92. The van der Waals surface area contributed by atoms with Gasteiger partial charge >= 0.3 is 0 Å². The number of halogens is 1. The van der Waals surface area contributed by atoms with Crippen molar-refractivity contribution in [2.75, 3.05) is 11.5 Å². The van der Waals surface area contributed by atoms with Gasteiger partial charge in [0.25, 0.3) is 0 Å². The van der Waals surface area contributed by atoms with E-state index in [0.29, 0.717) is 0 Å². The summed E-state index contributed by atoms with van der Waals surface area (Å²) < 4.78 is 1.28. The third kappa shape index (κ3) is 3.33. The Hall–Kier alpha value is -0.640. The summed E-state index contributed by atoms with van der Waals surface area (Å²) in [4.78, 5) is 1.38. The summed E-state index contributed by atoms with van der Waals surface area (Å²) in [5.74, 6) is 2.41. The molecule has 0 fully saturated rings. The van der Waals surface area contributed by atoms with E-state index in [1.165, 1.54) is 43.3 Å². The molecule has 0 amide bonds. The highest BCUT2D eigenvalue weighted by atomic mass is 79.9. The average Bonchev–Trinajstić information content (AvgIpc) is 2.73. The van der Waals surface area contributed by atoms with Crippen LogP contribution in [0.2, 0.25) is 0 Å². The number of hydrogen-bond donors (Lipinski definition) is 0. The van der Waals surface area contributed by atoms with Crippen LogP contribution in [0, 0.1) is 0 Å². The molecule has 1 aliphatic rings. The molecule has 102 valence electrons. The topological polar surface area (TPSA) is 0 Å². The quantitative estimate of drug-likeness (QED) is 0.619. The van der Waals surface area contributed by atoms with Crippen molar-refractivity contribution in [2.45, 2.75) is 6.42 Å². The van der Waals surface area contributed by atoms with Crippen LogP contribution >= 0.6 is 39.5 Å². The molecule has 20 heavy (non-hydrogen) atoms. The van der Waals surface area contributed by atoms with Crippen molar-refractivity contribution in [2.24, 2.45) is 0 Å². The smallest absolute Gasteiger partial charge is 0.0645 e. The van der Waals surface area contributed by atoms with Gasteiger partial charge in [0.15, 0.2) is 0 Å². The maximum atomic E-state index is 3.73. The predicted octanol–water partition coefficient (Wildman–Crippen LogP) is 6.24. The van der Waals surface area contributed by atoms with Gasteiger partial charge < -0.3 is 0 Å². The zero-order chi connectivity index (χ0) is 13.8. The van der Waals surface area contributed by atoms with Gasteiger partial charge in [0, 0.05) is 4.91 Å². The fourth-order valence-electron chi connectivity index (χ4n) is 2.16. The molecule has 0 atom stereocenters. The summed E-state index contributed by atoms with van der Waals surface area (Å²) in [6.45, 7) is 0. The Morgan fingerprint density at radius 2 is 1.30 bits per heavy atom. The fourth-order valence-corrected chi connectivity index (χ4v) is 5.38. The zero-order valence-corrected chi connectivity index (χ0v) is 14.2. The fraction of sp³-hybridized carbons (Fsp3) is 0.176. The SMILES string of the molecule is BrC1=C(c2ccc(-c3ccccc3)cc2)SCCCS1. The molecule has 0 unspecified atom stereocenters. The summed E-state index contributed by atoms with van der Waals surface area (Å²) in [5, 5.41) is 0. The highest BCUT2D eigenvalue weighted by Gasteiger charge is 2.12. The van der Waals surface area contributed by atoms with E-state index in [4.69, 9.17) is 0 Å². The lowest BCUT2D eigenvalue weighted by molar-refractivity contribution is 1.13. The first kappa shape index (κ1) is 14.3. The zero-order valence-electron chi connectivity index (χ0n) is 11.0. The lowest BCUT2D eigenvalue weighted by atomic mass is 10.0. The molecule has 0 aromatic heterocycles. The molecular weight excluding hydrogens is 348 g/mol. The van der Waals surface area contributed by atoms with Crippen molar-refractivity contribution >= 4 is 44.4 Å². The molecule has 0 spiro atoms. The van der Waals surface area contributed by atoms with E-state index in [0.717, 1.165) is 0 Å². The first-order valence-corrected chi connectivity index (χ1v) is 9.42. The van der Waals surface area contributed by atoms with Gasteiger partial charge in [-0.25, -0.2) is 0 Å². The maximum Gasteiger partial charge on any atom is 0.0645 e. The van der Waals surface area contributed by atoms with Crippen LogP contribution in [0.3, 0.4) is 0 Å². The van der Waals surface area contributed by atoms with Gasteiger partial charge in [-0.2, -0.15) is 0 Å². The molecule has 2 aromatic rings. The average molecular weight is 363 g/mol. The van der Waals surface area contributed by atoms with Crippen molar-refractivity contribution < 1.29 is 0 Å². The van der Waals surface area contributed by atoms with Crippen LogP contribution in [-0.4, -0.2) is 11.5 Å². The van der Waals surface area contributed by atoms with Gasteiger partial charge in [0.1, 0.15) is 0 Å². The monoisotopic (exact) mass is 362 g/mol. The van der Waals surface area contributed by atoms with Gasteiger partial charge in [0.2, 0.25) is 0 Å². The second-order valence-electron chi connectivity index (χ2n) is 4.60. The van der Waals surface area contributed by atoms with Crippen molar-refractivity contribution in [3.63, 3.8) is 0 Å². The Bertz CT molecular complexity index is 603.